The summed E-state index contributed by atoms with van der Waals surface area (Å²) in [4.78, 5) is 0. The van der Waals surface area contributed by atoms with Gasteiger partial charge in [-0.25, -0.2) is 0 Å². The minimum atomic E-state index is 0.395. The molecule has 15 heavy (non-hydrogen) atoms. The normalized spacial score (nSPS) is 12.4. The Morgan fingerprint density at radius 1 is 1.00 bits per heavy atom. The Labute approximate surface area is 91.0 Å². The molecule has 1 aromatic carbocycles. The van der Waals surface area contributed by atoms with Gasteiger partial charge in [0.25, 0.3) is 0 Å². The number of hydrogen-bond acceptors (Lipinski definition) is 0. The summed E-state index contributed by atoms with van der Waals surface area (Å²) in [6, 6.07) is 15.2. The lowest BCUT2D eigenvalue weighted by molar-refractivity contribution is -0.710. The molecule has 1 nitrogen and oxygen atoms in total. The third-order valence-corrected chi connectivity index (χ3v) is 2.70. The van der Waals surface area contributed by atoms with Crippen LogP contribution in [0, 0.1) is 6.92 Å². The molecule has 0 radical (unpaired) electrons. The van der Waals surface area contributed by atoms with Crippen molar-refractivity contribution in [3.8, 4) is 0 Å². The fourth-order valence-electron chi connectivity index (χ4n) is 1.76. The SMILES string of the molecule is Cc1ccc[n+]([C@H](C)c2ccccc2)c1. The molecule has 0 aliphatic carbocycles. The molecule has 1 heteroatoms. The maximum absolute atomic E-state index is 2.24. The third kappa shape index (κ3) is 2.24. The van der Waals surface area contributed by atoms with Gasteiger partial charge < -0.3 is 0 Å². The summed E-state index contributed by atoms with van der Waals surface area (Å²) in [5.41, 5.74) is 2.63. The van der Waals surface area contributed by atoms with Gasteiger partial charge in [-0.15, -0.1) is 0 Å². The quantitative estimate of drug-likeness (QED) is 0.653. The van der Waals surface area contributed by atoms with Gasteiger partial charge in [-0.1, -0.05) is 30.3 Å². The number of aryl methyl sites for hydroxylation is 1. The van der Waals surface area contributed by atoms with Crippen LogP contribution in [0.15, 0.2) is 54.9 Å². The topological polar surface area (TPSA) is 3.88 Å². The summed E-state index contributed by atoms with van der Waals surface area (Å²) < 4.78 is 2.24. The first-order valence-corrected chi connectivity index (χ1v) is 5.30. The molecular formula is C14H16N+. The van der Waals surface area contributed by atoms with E-state index >= 15 is 0 Å². The number of pyridine rings is 1. The van der Waals surface area contributed by atoms with Crippen molar-refractivity contribution in [1.82, 2.24) is 0 Å². The highest BCUT2D eigenvalue weighted by atomic mass is 15.0. The first-order valence-electron chi connectivity index (χ1n) is 5.30. The molecule has 76 valence electrons. The van der Waals surface area contributed by atoms with Gasteiger partial charge in [0.05, 0.1) is 0 Å². The van der Waals surface area contributed by atoms with Crippen molar-refractivity contribution in [2.75, 3.05) is 0 Å². The third-order valence-electron chi connectivity index (χ3n) is 2.70. The summed E-state index contributed by atoms with van der Waals surface area (Å²) in [5.74, 6) is 0. The summed E-state index contributed by atoms with van der Waals surface area (Å²) in [7, 11) is 0. The van der Waals surface area contributed by atoms with Crippen LogP contribution in [-0.2, 0) is 0 Å². The van der Waals surface area contributed by atoms with E-state index in [0.717, 1.165) is 0 Å². The van der Waals surface area contributed by atoms with Crippen LogP contribution in [0.2, 0.25) is 0 Å². The Kier molecular flexibility index (Phi) is 2.82. The number of rotatable bonds is 2. The Morgan fingerprint density at radius 2 is 1.73 bits per heavy atom. The van der Waals surface area contributed by atoms with E-state index < -0.39 is 0 Å². The van der Waals surface area contributed by atoms with Crippen LogP contribution < -0.4 is 4.57 Å². The molecule has 2 rings (SSSR count). The first-order chi connectivity index (χ1) is 7.27. The van der Waals surface area contributed by atoms with Crippen LogP contribution in [0.25, 0.3) is 0 Å². The lowest BCUT2D eigenvalue weighted by atomic mass is 10.1. The Hall–Kier alpha value is -1.63. The molecule has 0 spiro atoms. The van der Waals surface area contributed by atoms with Crippen molar-refractivity contribution in [3.05, 3.63) is 66.0 Å². The second kappa shape index (κ2) is 4.26. The van der Waals surface area contributed by atoms with E-state index in [2.05, 4.69) is 73.3 Å². The van der Waals surface area contributed by atoms with Gasteiger partial charge >= 0.3 is 0 Å². The van der Waals surface area contributed by atoms with Crippen LogP contribution in [0.3, 0.4) is 0 Å². The second-order valence-corrected chi connectivity index (χ2v) is 3.92. The first kappa shape index (κ1) is 9.91. The van der Waals surface area contributed by atoms with Crippen LogP contribution in [0.4, 0.5) is 0 Å². The summed E-state index contributed by atoms with van der Waals surface area (Å²) in [6.07, 6.45) is 4.29. The Bertz CT molecular complexity index is 434. The molecule has 0 aliphatic heterocycles. The molecule has 0 saturated carbocycles. The molecule has 1 heterocycles. The average molecular weight is 198 g/mol. The summed E-state index contributed by atoms with van der Waals surface area (Å²) in [6.45, 7) is 4.34. The van der Waals surface area contributed by atoms with Gasteiger partial charge in [-0.2, -0.15) is 4.57 Å². The second-order valence-electron chi connectivity index (χ2n) is 3.92. The van der Waals surface area contributed by atoms with E-state index in [1.165, 1.54) is 11.1 Å². The van der Waals surface area contributed by atoms with Gasteiger partial charge in [-0.05, 0) is 13.0 Å². The standard InChI is InChI=1S/C14H16N/c1-12-7-6-10-15(11-12)13(2)14-8-4-3-5-9-14/h3-11,13H,1-2H3/q+1/t13-/m1/s1. The van der Waals surface area contributed by atoms with Crippen molar-refractivity contribution in [1.29, 1.82) is 0 Å². The predicted molar refractivity (Wildman–Crippen MR) is 61.6 cm³/mol. The maximum atomic E-state index is 2.24. The number of benzene rings is 1. The van der Waals surface area contributed by atoms with Crippen molar-refractivity contribution in [3.63, 3.8) is 0 Å². The van der Waals surface area contributed by atoms with E-state index in [1.54, 1.807) is 0 Å². The monoisotopic (exact) mass is 198 g/mol. The highest BCUT2D eigenvalue weighted by Crippen LogP contribution is 2.10. The molecular weight excluding hydrogens is 182 g/mol. The smallest absolute Gasteiger partial charge is 0.180 e. The van der Waals surface area contributed by atoms with Crippen LogP contribution in [-0.4, -0.2) is 0 Å². The van der Waals surface area contributed by atoms with Gasteiger partial charge in [-0.3, -0.25) is 0 Å². The lowest BCUT2D eigenvalue weighted by Crippen LogP contribution is -2.37. The van der Waals surface area contributed by atoms with E-state index in [0.29, 0.717) is 6.04 Å². The minimum Gasteiger partial charge on any atom is -0.198 e. The fraction of sp³-hybridized carbons (Fsp3) is 0.214. The Balaban J connectivity index is 2.32. The van der Waals surface area contributed by atoms with Crippen molar-refractivity contribution < 1.29 is 4.57 Å². The number of hydrogen-bond donors (Lipinski definition) is 0. The van der Waals surface area contributed by atoms with Crippen LogP contribution in [0.1, 0.15) is 24.1 Å². The maximum Gasteiger partial charge on any atom is 0.180 e. The largest absolute Gasteiger partial charge is 0.198 e. The molecule has 0 aliphatic rings. The van der Waals surface area contributed by atoms with E-state index in [-0.39, 0.29) is 0 Å². The molecule has 2 aromatic rings. The highest BCUT2D eigenvalue weighted by Gasteiger charge is 2.13. The molecule has 0 bridgehead atoms. The van der Waals surface area contributed by atoms with Gasteiger partial charge in [0, 0.05) is 24.1 Å². The number of nitrogens with zero attached hydrogens (tertiary/aromatic N) is 1. The molecule has 0 N–H and O–H groups in total. The molecule has 0 saturated heterocycles. The zero-order valence-electron chi connectivity index (χ0n) is 9.22. The lowest BCUT2D eigenvalue weighted by Gasteiger charge is -2.07. The average Bonchev–Trinajstić information content (AvgIpc) is 2.29. The fourth-order valence-corrected chi connectivity index (χ4v) is 1.76. The molecule has 1 atom stereocenters. The van der Waals surface area contributed by atoms with Gasteiger partial charge in [0.1, 0.15) is 0 Å². The van der Waals surface area contributed by atoms with E-state index in [9.17, 15) is 0 Å². The zero-order valence-corrected chi connectivity index (χ0v) is 9.22. The molecule has 0 fully saturated rings. The molecule has 0 amide bonds. The molecule has 1 aromatic heterocycles. The van der Waals surface area contributed by atoms with Crippen molar-refractivity contribution >= 4 is 0 Å². The number of aromatic nitrogens is 1. The zero-order chi connectivity index (χ0) is 10.7. The van der Waals surface area contributed by atoms with Crippen molar-refractivity contribution in [2.24, 2.45) is 0 Å². The molecule has 0 unspecified atom stereocenters. The summed E-state index contributed by atoms with van der Waals surface area (Å²) >= 11 is 0. The van der Waals surface area contributed by atoms with Crippen molar-refractivity contribution in [2.45, 2.75) is 19.9 Å². The van der Waals surface area contributed by atoms with Crippen LogP contribution in [0.5, 0.6) is 0 Å². The van der Waals surface area contributed by atoms with Gasteiger partial charge in [0.15, 0.2) is 18.4 Å². The van der Waals surface area contributed by atoms with Crippen LogP contribution >= 0.6 is 0 Å². The summed E-state index contributed by atoms with van der Waals surface area (Å²) in [5, 5.41) is 0. The van der Waals surface area contributed by atoms with Gasteiger partial charge in [0.2, 0.25) is 0 Å². The Morgan fingerprint density at radius 3 is 2.40 bits per heavy atom. The predicted octanol–water partition coefficient (Wildman–Crippen LogP) is 2.89. The van der Waals surface area contributed by atoms with E-state index in [4.69, 9.17) is 0 Å². The van der Waals surface area contributed by atoms with E-state index in [1.807, 2.05) is 0 Å². The minimum absolute atomic E-state index is 0.395. The highest BCUT2D eigenvalue weighted by molar-refractivity contribution is 5.16.